The lowest BCUT2D eigenvalue weighted by molar-refractivity contribution is 0.0762. The van der Waals surface area contributed by atoms with Crippen LogP contribution in [0.1, 0.15) is 39.9 Å². The maximum Gasteiger partial charge on any atom is 0.272 e. The van der Waals surface area contributed by atoms with Crippen LogP contribution in [0.4, 0.5) is 0 Å². The Hall–Kier alpha value is -2.27. The number of nitrogens with zero attached hydrogens (tertiary/aromatic N) is 3. The summed E-state index contributed by atoms with van der Waals surface area (Å²) in [4.78, 5) is 31.5. The second kappa shape index (κ2) is 13.9. The van der Waals surface area contributed by atoms with Gasteiger partial charge in [-0.25, -0.2) is 4.98 Å². The summed E-state index contributed by atoms with van der Waals surface area (Å²) in [5.74, 6) is -6.16. The van der Waals surface area contributed by atoms with E-state index in [4.69, 9.17) is 18.2 Å². The average molecular weight is 640 g/mol. The minimum atomic E-state index is -4.60. The molecule has 21 heteroatoms. The first-order valence-electron chi connectivity index (χ1n) is 11.0. The molecule has 1 aromatic rings. The Morgan fingerprint density at radius 2 is 0.923 bits per heavy atom. The SMILES string of the molecule is CCCc1cc(C(=O)N(CCS(=O)(=O)O)CCS(=O)(=O)O)nc(C(=O)N(CCS(=O)(=O)O)CCS(=O)(=O)O)c1. The molecule has 0 bridgehead atoms. The fraction of sp³-hybridized carbons (Fsp3) is 0.611. The Labute approximate surface area is 226 Å². The van der Waals surface area contributed by atoms with Crippen LogP contribution >= 0.6 is 0 Å². The zero-order valence-corrected chi connectivity index (χ0v) is 23.8. The molecule has 0 aromatic carbocycles. The second-order valence-corrected chi connectivity index (χ2v) is 14.5. The minimum absolute atomic E-state index is 0.273. The van der Waals surface area contributed by atoms with E-state index in [9.17, 15) is 43.3 Å². The van der Waals surface area contributed by atoms with Crippen LogP contribution in [0.3, 0.4) is 0 Å². The van der Waals surface area contributed by atoms with E-state index in [2.05, 4.69) is 4.98 Å². The van der Waals surface area contributed by atoms with E-state index in [1.807, 2.05) is 0 Å². The van der Waals surface area contributed by atoms with Gasteiger partial charge >= 0.3 is 0 Å². The molecule has 4 N–H and O–H groups in total. The number of hydrogen-bond donors (Lipinski definition) is 4. The minimum Gasteiger partial charge on any atom is -0.335 e. The molecule has 0 saturated carbocycles. The summed E-state index contributed by atoms with van der Waals surface area (Å²) in [6, 6.07) is 2.44. The van der Waals surface area contributed by atoms with Gasteiger partial charge in [-0.3, -0.25) is 27.8 Å². The highest BCUT2D eigenvalue weighted by atomic mass is 32.2. The molecule has 39 heavy (non-hydrogen) atoms. The molecule has 17 nitrogen and oxygen atoms in total. The summed E-state index contributed by atoms with van der Waals surface area (Å²) >= 11 is 0. The number of rotatable bonds is 16. The number of aryl methyl sites for hydroxylation is 1. The molecule has 0 aliphatic rings. The third-order valence-electron chi connectivity index (χ3n) is 4.91. The standard InChI is InChI=1S/C18H29N3O14S4/c1-2-3-14-12-15(17(22)20(4-8-36(24,25)26)5-9-37(27,28)29)19-16(13-14)18(23)21(6-10-38(30,31)32)7-11-39(33,34)35/h12-13H,2-11H2,1H3,(H,24,25,26)(H,27,28,29)(H,30,31,32)(H,33,34,35). The summed E-state index contributed by atoms with van der Waals surface area (Å²) < 4.78 is 126. The quantitative estimate of drug-likeness (QED) is 0.149. The van der Waals surface area contributed by atoms with Crippen LogP contribution in [0, 0.1) is 0 Å². The van der Waals surface area contributed by atoms with Crippen molar-refractivity contribution in [3.63, 3.8) is 0 Å². The summed E-state index contributed by atoms with van der Waals surface area (Å²) in [6.45, 7) is -1.12. The number of aromatic nitrogens is 1. The Morgan fingerprint density at radius 3 is 1.15 bits per heavy atom. The van der Waals surface area contributed by atoms with E-state index in [0.29, 0.717) is 21.8 Å². The lowest BCUT2D eigenvalue weighted by atomic mass is 10.1. The monoisotopic (exact) mass is 639 g/mol. The number of pyridine rings is 1. The van der Waals surface area contributed by atoms with Crippen molar-refractivity contribution >= 4 is 52.3 Å². The normalized spacial score (nSPS) is 12.7. The zero-order chi connectivity index (χ0) is 30.2. The van der Waals surface area contributed by atoms with Crippen LogP contribution in [0.5, 0.6) is 0 Å². The maximum atomic E-state index is 13.2. The molecule has 224 valence electrons. The van der Waals surface area contributed by atoms with Crippen LogP contribution in [-0.2, 0) is 46.9 Å². The Kier molecular flexibility index (Phi) is 12.4. The smallest absolute Gasteiger partial charge is 0.272 e. The van der Waals surface area contributed by atoms with Gasteiger partial charge in [0.15, 0.2) is 0 Å². The Morgan fingerprint density at radius 1 is 0.641 bits per heavy atom. The predicted molar refractivity (Wildman–Crippen MR) is 136 cm³/mol. The van der Waals surface area contributed by atoms with E-state index in [-0.39, 0.29) is 6.42 Å². The van der Waals surface area contributed by atoms with Gasteiger partial charge in [-0.05, 0) is 24.1 Å². The van der Waals surface area contributed by atoms with Crippen LogP contribution < -0.4 is 0 Å². The van der Waals surface area contributed by atoms with Crippen molar-refractivity contribution in [1.29, 1.82) is 0 Å². The second-order valence-electron chi connectivity index (χ2n) is 8.22. The number of hydrogen-bond acceptors (Lipinski definition) is 11. The average Bonchev–Trinajstić information content (AvgIpc) is 2.75. The molecule has 0 unspecified atom stereocenters. The molecule has 0 atom stereocenters. The van der Waals surface area contributed by atoms with Gasteiger partial charge in [0.05, 0.1) is 23.0 Å². The molecule has 0 aliphatic heterocycles. The van der Waals surface area contributed by atoms with Gasteiger partial charge in [0.2, 0.25) is 0 Å². The van der Waals surface area contributed by atoms with Gasteiger partial charge in [0, 0.05) is 26.2 Å². The molecule has 0 spiro atoms. The molecule has 1 aromatic heterocycles. The zero-order valence-electron chi connectivity index (χ0n) is 20.6. The summed E-state index contributed by atoms with van der Waals surface area (Å²) in [5, 5.41) is 0. The molecule has 1 rings (SSSR count). The van der Waals surface area contributed by atoms with E-state index in [1.165, 1.54) is 12.1 Å². The molecule has 1 heterocycles. The van der Waals surface area contributed by atoms with Gasteiger partial charge < -0.3 is 9.80 Å². The maximum absolute atomic E-state index is 13.2. The number of amides is 2. The summed E-state index contributed by atoms with van der Waals surface area (Å²) in [7, 11) is -18.4. The van der Waals surface area contributed by atoms with Crippen molar-refractivity contribution < 1.29 is 61.5 Å². The fourth-order valence-corrected chi connectivity index (χ4v) is 4.90. The largest absolute Gasteiger partial charge is 0.335 e. The van der Waals surface area contributed by atoms with Gasteiger partial charge in [0.25, 0.3) is 52.3 Å². The molecule has 2 amide bonds. The van der Waals surface area contributed by atoms with Crippen molar-refractivity contribution in [1.82, 2.24) is 14.8 Å². The van der Waals surface area contributed by atoms with E-state index < -0.39 is 113 Å². The van der Waals surface area contributed by atoms with Crippen molar-refractivity contribution in [2.45, 2.75) is 19.8 Å². The fourth-order valence-electron chi connectivity index (χ4n) is 3.10. The number of carbonyl (C=O) groups excluding carboxylic acids is 2. The highest BCUT2D eigenvalue weighted by Gasteiger charge is 2.26. The van der Waals surface area contributed by atoms with Crippen LogP contribution in [0.25, 0.3) is 0 Å². The molecule has 0 radical (unpaired) electrons. The van der Waals surface area contributed by atoms with Crippen LogP contribution in [0.2, 0.25) is 0 Å². The molecule has 0 fully saturated rings. The molecule has 0 saturated heterocycles. The van der Waals surface area contributed by atoms with Crippen molar-refractivity contribution in [2.75, 3.05) is 49.2 Å². The van der Waals surface area contributed by atoms with Crippen molar-refractivity contribution in [3.8, 4) is 0 Å². The van der Waals surface area contributed by atoms with Crippen molar-refractivity contribution in [2.24, 2.45) is 0 Å². The van der Waals surface area contributed by atoms with E-state index >= 15 is 0 Å². The first-order valence-corrected chi connectivity index (χ1v) is 17.4. The third kappa shape index (κ3) is 14.6. The van der Waals surface area contributed by atoms with Crippen LogP contribution in [-0.4, -0.2) is 128 Å². The van der Waals surface area contributed by atoms with E-state index in [0.717, 1.165) is 0 Å². The molecular formula is C18H29N3O14S4. The van der Waals surface area contributed by atoms with Gasteiger partial charge in [0.1, 0.15) is 11.4 Å². The Balaban J connectivity index is 3.51. The highest BCUT2D eigenvalue weighted by molar-refractivity contribution is 7.86. The van der Waals surface area contributed by atoms with Gasteiger partial charge in [-0.2, -0.15) is 33.7 Å². The lowest BCUT2D eigenvalue weighted by Crippen LogP contribution is -2.40. The molecule has 0 aliphatic carbocycles. The first-order chi connectivity index (χ1) is 17.6. The summed E-state index contributed by atoms with van der Waals surface area (Å²) in [5.41, 5.74) is -0.632. The number of carbonyl (C=O) groups is 2. The topological polar surface area (TPSA) is 271 Å². The first kappa shape index (κ1) is 34.8. The molecular weight excluding hydrogens is 610 g/mol. The van der Waals surface area contributed by atoms with E-state index in [1.54, 1.807) is 6.92 Å². The predicted octanol–water partition coefficient (Wildman–Crippen LogP) is -1.53. The Bertz CT molecular complexity index is 1290. The van der Waals surface area contributed by atoms with Gasteiger partial charge in [-0.1, -0.05) is 13.3 Å². The lowest BCUT2D eigenvalue weighted by Gasteiger charge is -2.23. The van der Waals surface area contributed by atoms with Crippen LogP contribution in [0.15, 0.2) is 12.1 Å². The highest BCUT2D eigenvalue weighted by Crippen LogP contribution is 2.14. The summed E-state index contributed by atoms with van der Waals surface area (Å²) in [6.07, 6.45) is 0.769. The third-order valence-corrected chi connectivity index (χ3v) is 7.71. The van der Waals surface area contributed by atoms with Gasteiger partial charge in [-0.15, -0.1) is 0 Å². The van der Waals surface area contributed by atoms with Crippen molar-refractivity contribution in [3.05, 3.63) is 29.1 Å².